The molecular formula is C21H19N3OS. The third kappa shape index (κ3) is 3.02. The van der Waals surface area contributed by atoms with Gasteiger partial charge in [-0.2, -0.15) is 0 Å². The first-order valence-electron chi connectivity index (χ1n) is 8.43. The smallest absolute Gasteiger partial charge is 0.255 e. The minimum atomic E-state index is -0.0982. The molecule has 1 N–H and O–H groups in total. The molecule has 4 nitrogen and oxygen atoms in total. The van der Waals surface area contributed by atoms with E-state index >= 15 is 0 Å². The summed E-state index contributed by atoms with van der Waals surface area (Å²) in [6.45, 7) is 6.12. The minimum Gasteiger partial charge on any atom is -0.322 e. The average Bonchev–Trinajstić information content (AvgIpc) is 3.20. The molecule has 0 aliphatic rings. The lowest BCUT2D eigenvalue weighted by Gasteiger charge is -2.08. The van der Waals surface area contributed by atoms with Crippen molar-refractivity contribution in [3.63, 3.8) is 0 Å². The molecule has 0 spiro atoms. The number of nitrogens with one attached hydrogen (secondary N) is 1. The maximum atomic E-state index is 12.4. The molecule has 4 aromatic rings. The van der Waals surface area contributed by atoms with Crippen LogP contribution in [0.2, 0.25) is 0 Å². The fourth-order valence-corrected chi connectivity index (χ4v) is 3.69. The summed E-state index contributed by atoms with van der Waals surface area (Å²) < 4.78 is 2.09. The van der Waals surface area contributed by atoms with Gasteiger partial charge in [-0.1, -0.05) is 18.2 Å². The highest BCUT2D eigenvalue weighted by Crippen LogP contribution is 2.24. The fourth-order valence-electron chi connectivity index (χ4n) is 2.84. The molecule has 0 saturated heterocycles. The van der Waals surface area contributed by atoms with E-state index in [0.717, 1.165) is 27.5 Å². The molecule has 130 valence electrons. The van der Waals surface area contributed by atoms with Crippen LogP contribution in [-0.4, -0.2) is 15.3 Å². The molecule has 0 saturated carbocycles. The maximum absolute atomic E-state index is 12.4. The highest BCUT2D eigenvalue weighted by molar-refractivity contribution is 7.15. The number of nitrogens with zero attached hydrogens (tertiary/aromatic N) is 2. The molecule has 2 aromatic heterocycles. The normalized spacial score (nSPS) is 11.0. The number of amides is 1. The number of benzene rings is 2. The van der Waals surface area contributed by atoms with Crippen LogP contribution in [0, 0.1) is 20.8 Å². The summed E-state index contributed by atoms with van der Waals surface area (Å²) in [7, 11) is 0. The summed E-state index contributed by atoms with van der Waals surface area (Å²) in [5.74, 6) is -0.0982. The minimum absolute atomic E-state index is 0.0982. The van der Waals surface area contributed by atoms with Gasteiger partial charge in [0.2, 0.25) is 0 Å². The van der Waals surface area contributed by atoms with Crippen molar-refractivity contribution in [1.82, 2.24) is 9.38 Å². The number of aromatic nitrogens is 2. The van der Waals surface area contributed by atoms with Crippen molar-refractivity contribution in [2.75, 3.05) is 5.32 Å². The van der Waals surface area contributed by atoms with Gasteiger partial charge < -0.3 is 5.32 Å². The van der Waals surface area contributed by atoms with Crippen LogP contribution in [0.25, 0.3) is 16.2 Å². The van der Waals surface area contributed by atoms with Crippen molar-refractivity contribution in [3.05, 3.63) is 76.4 Å². The van der Waals surface area contributed by atoms with Crippen molar-refractivity contribution in [2.24, 2.45) is 0 Å². The van der Waals surface area contributed by atoms with Crippen molar-refractivity contribution >= 4 is 27.9 Å². The van der Waals surface area contributed by atoms with E-state index in [0.29, 0.717) is 5.56 Å². The zero-order valence-electron chi connectivity index (χ0n) is 14.9. The van der Waals surface area contributed by atoms with Crippen LogP contribution in [0.1, 0.15) is 27.2 Å². The largest absolute Gasteiger partial charge is 0.322 e. The Bertz CT molecular complexity index is 1110. The lowest BCUT2D eigenvalue weighted by Crippen LogP contribution is -2.12. The number of anilines is 1. The Morgan fingerprint density at radius 2 is 1.81 bits per heavy atom. The van der Waals surface area contributed by atoms with Crippen molar-refractivity contribution in [1.29, 1.82) is 0 Å². The van der Waals surface area contributed by atoms with E-state index in [2.05, 4.69) is 27.0 Å². The molecule has 4 rings (SSSR count). The number of thiazole rings is 1. The first-order valence-corrected chi connectivity index (χ1v) is 9.31. The van der Waals surface area contributed by atoms with Crippen molar-refractivity contribution in [3.8, 4) is 11.3 Å². The SMILES string of the molecule is Cc1ccc(C(=O)Nc2ccc(-c3cn4c(C)csc4n3)cc2)cc1C. The Morgan fingerprint density at radius 3 is 2.50 bits per heavy atom. The predicted molar refractivity (Wildman–Crippen MR) is 107 cm³/mol. The van der Waals surface area contributed by atoms with Gasteiger partial charge in [-0.25, -0.2) is 4.98 Å². The maximum Gasteiger partial charge on any atom is 0.255 e. The van der Waals surface area contributed by atoms with Crippen LogP contribution in [0.4, 0.5) is 5.69 Å². The lowest BCUT2D eigenvalue weighted by molar-refractivity contribution is 0.102. The molecule has 0 atom stereocenters. The van der Waals surface area contributed by atoms with Gasteiger partial charge in [0.1, 0.15) is 0 Å². The Morgan fingerprint density at radius 1 is 1.04 bits per heavy atom. The summed E-state index contributed by atoms with van der Waals surface area (Å²) >= 11 is 1.64. The molecule has 2 heterocycles. The van der Waals surface area contributed by atoms with E-state index in [-0.39, 0.29) is 5.91 Å². The van der Waals surface area contributed by atoms with E-state index in [1.807, 2.05) is 62.5 Å². The van der Waals surface area contributed by atoms with E-state index in [9.17, 15) is 4.79 Å². The standard InChI is InChI=1S/C21H19N3OS/c1-13-4-5-17(10-14(13)2)20(25)22-18-8-6-16(7-9-18)19-11-24-15(3)12-26-21(24)23-19/h4-12H,1-3H3,(H,22,25). The Labute approximate surface area is 156 Å². The van der Waals surface area contributed by atoms with Gasteiger partial charge in [0.15, 0.2) is 4.96 Å². The van der Waals surface area contributed by atoms with Gasteiger partial charge in [-0.15, -0.1) is 11.3 Å². The van der Waals surface area contributed by atoms with Gasteiger partial charge in [-0.05, 0) is 56.2 Å². The zero-order chi connectivity index (χ0) is 18.3. The number of hydrogen-bond donors (Lipinski definition) is 1. The molecule has 0 radical (unpaired) electrons. The fraction of sp³-hybridized carbons (Fsp3) is 0.143. The van der Waals surface area contributed by atoms with Gasteiger partial charge in [0.25, 0.3) is 5.91 Å². The monoisotopic (exact) mass is 361 g/mol. The molecule has 0 fully saturated rings. The predicted octanol–water partition coefficient (Wildman–Crippen LogP) is 5.24. The van der Waals surface area contributed by atoms with E-state index in [1.165, 1.54) is 11.3 Å². The summed E-state index contributed by atoms with van der Waals surface area (Å²) in [4.78, 5) is 18.1. The molecule has 0 aliphatic heterocycles. The first-order chi connectivity index (χ1) is 12.5. The average molecular weight is 361 g/mol. The molecule has 1 amide bonds. The number of carbonyl (C=O) groups is 1. The Balaban J connectivity index is 1.53. The Kier molecular flexibility index (Phi) is 4.09. The van der Waals surface area contributed by atoms with Crippen LogP contribution in [0.3, 0.4) is 0 Å². The number of aryl methyl sites for hydroxylation is 3. The molecule has 0 aliphatic carbocycles. The van der Waals surface area contributed by atoms with Crippen LogP contribution in [-0.2, 0) is 0 Å². The Hall–Kier alpha value is -2.92. The number of carbonyl (C=O) groups excluding carboxylic acids is 1. The number of imidazole rings is 1. The molecule has 2 aromatic carbocycles. The van der Waals surface area contributed by atoms with Gasteiger partial charge >= 0.3 is 0 Å². The van der Waals surface area contributed by atoms with Crippen LogP contribution in [0.5, 0.6) is 0 Å². The molecule has 0 unspecified atom stereocenters. The lowest BCUT2D eigenvalue weighted by atomic mass is 10.1. The van der Waals surface area contributed by atoms with Gasteiger partial charge in [0, 0.05) is 34.1 Å². The topological polar surface area (TPSA) is 46.4 Å². The second-order valence-corrected chi connectivity index (χ2v) is 7.32. The van der Waals surface area contributed by atoms with E-state index in [4.69, 9.17) is 0 Å². The van der Waals surface area contributed by atoms with E-state index < -0.39 is 0 Å². The van der Waals surface area contributed by atoms with Crippen molar-refractivity contribution in [2.45, 2.75) is 20.8 Å². The second-order valence-electron chi connectivity index (χ2n) is 6.49. The van der Waals surface area contributed by atoms with Crippen LogP contribution in [0.15, 0.2) is 54.0 Å². The highest BCUT2D eigenvalue weighted by Gasteiger charge is 2.09. The third-order valence-corrected chi connectivity index (χ3v) is 5.55. The summed E-state index contributed by atoms with van der Waals surface area (Å²) in [5, 5.41) is 5.05. The zero-order valence-corrected chi connectivity index (χ0v) is 15.7. The quantitative estimate of drug-likeness (QED) is 0.542. The van der Waals surface area contributed by atoms with E-state index in [1.54, 1.807) is 11.3 Å². The van der Waals surface area contributed by atoms with Crippen LogP contribution >= 0.6 is 11.3 Å². The summed E-state index contributed by atoms with van der Waals surface area (Å²) in [5.41, 5.74) is 6.89. The number of hydrogen-bond acceptors (Lipinski definition) is 3. The molecule has 0 bridgehead atoms. The van der Waals surface area contributed by atoms with Crippen LogP contribution < -0.4 is 5.32 Å². The number of fused-ring (bicyclic) bond motifs is 1. The number of rotatable bonds is 3. The summed E-state index contributed by atoms with van der Waals surface area (Å²) in [6, 6.07) is 13.5. The first kappa shape index (κ1) is 16.5. The molecule has 5 heteroatoms. The molecule has 26 heavy (non-hydrogen) atoms. The second kappa shape index (κ2) is 6.42. The molecular weight excluding hydrogens is 342 g/mol. The highest BCUT2D eigenvalue weighted by atomic mass is 32.1. The van der Waals surface area contributed by atoms with Gasteiger partial charge in [-0.3, -0.25) is 9.20 Å². The van der Waals surface area contributed by atoms with Crippen molar-refractivity contribution < 1.29 is 4.79 Å². The summed E-state index contributed by atoms with van der Waals surface area (Å²) in [6.07, 6.45) is 2.05. The van der Waals surface area contributed by atoms with Gasteiger partial charge in [0.05, 0.1) is 5.69 Å². The third-order valence-electron chi connectivity index (χ3n) is 4.60.